The number of sulfone groups is 1. The van der Waals surface area contributed by atoms with Crippen molar-refractivity contribution in [3.05, 3.63) is 34.3 Å². The summed E-state index contributed by atoms with van der Waals surface area (Å²) in [5.41, 5.74) is 7.76. The molecule has 0 heterocycles. The molecule has 0 aliphatic heterocycles. The summed E-state index contributed by atoms with van der Waals surface area (Å²) in [6, 6.07) is 4.87. The van der Waals surface area contributed by atoms with E-state index < -0.39 is 15.9 Å². The molecule has 0 aliphatic rings. The molecule has 3 nitrogen and oxygen atoms in total. The highest BCUT2D eigenvalue weighted by Crippen LogP contribution is 2.22. The van der Waals surface area contributed by atoms with Crippen molar-refractivity contribution >= 4 is 21.4 Å². The van der Waals surface area contributed by atoms with Gasteiger partial charge in [0.1, 0.15) is 0 Å². The molecule has 0 spiro atoms. The standard InChI is InChI=1S/C13H20ClNO2S/c1-3-4-7-18(16,17)9-13(15)12-8-11(14)6-5-10(12)2/h5-6,8,13H,3-4,7,9,15H2,1-2H3. The van der Waals surface area contributed by atoms with Gasteiger partial charge in [0.2, 0.25) is 0 Å². The van der Waals surface area contributed by atoms with Crippen LogP contribution < -0.4 is 5.73 Å². The van der Waals surface area contributed by atoms with Gasteiger partial charge in [-0.25, -0.2) is 8.42 Å². The molecule has 1 rings (SSSR count). The Kier molecular flexibility index (Phi) is 5.63. The molecule has 0 bridgehead atoms. The van der Waals surface area contributed by atoms with Crippen LogP contribution in [0.4, 0.5) is 0 Å². The van der Waals surface area contributed by atoms with Crippen LogP contribution in [-0.2, 0) is 9.84 Å². The van der Waals surface area contributed by atoms with E-state index in [9.17, 15) is 8.42 Å². The molecule has 1 aromatic carbocycles. The van der Waals surface area contributed by atoms with E-state index in [1.165, 1.54) is 0 Å². The molecular formula is C13H20ClNO2S. The van der Waals surface area contributed by atoms with E-state index in [-0.39, 0.29) is 11.5 Å². The minimum Gasteiger partial charge on any atom is -0.323 e. The van der Waals surface area contributed by atoms with Gasteiger partial charge in [-0.05, 0) is 36.6 Å². The van der Waals surface area contributed by atoms with Crippen LogP contribution in [-0.4, -0.2) is 19.9 Å². The van der Waals surface area contributed by atoms with Crippen LogP contribution in [0.2, 0.25) is 5.02 Å². The van der Waals surface area contributed by atoms with E-state index in [1.807, 2.05) is 19.9 Å². The van der Waals surface area contributed by atoms with E-state index in [4.69, 9.17) is 17.3 Å². The number of halogens is 1. The lowest BCUT2D eigenvalue weighted by atomic mass is 10.0. The molecule has 0 saturated carbocycles. The Balaban J connectivity index is 2.82. The number of unbranched alkanes of at least 4 members (excludes halogenated alkanes) is 1. The smallest absolute Gasteiger partial charge is 0.152 e. The van der Waals surface area contributed by atoms with Gasteiger partial charge in [0.05, 0.1) is 11.5 Å². The zero-order chi connectivity index (χ0) is 13.8. The van der Waals surface area contributed by atoms with Gasteiger partial charge in [-0.15, -0.1) is 0 Å². The summed E-state index contributed by atoms with van der Waals surface area (Å²) >= 11 is 5.91. The topological polar surface area (TPSA) is 60.2 Å². The molecule has 0 radical (unpaired) electrons. The second kappa shape index (κ2) is 6.55. The summed E-state index contributed by atoms with van der Waals surface area (Å²) in [6.45, 7) is 3.88. The quantitative estimate of drug-likeness (QED) is 0.876. The normalized spacial score (nSPS) is 13.6. The highest BCUT2D eigenvalue weighted by Gasteiger charge is 2.18. The summed E-state index contributed by atoms with van der Waals surface area (Å²) in [5.74, 6) is 0.186. The SMILES string of the molecule is CCCCS(=O)(=O)CC(N)c1cc(Cl)ccc1C. The maximum Gasteiger partial charge on any atom is 0.152 e. The summed E-state index contributed by atoms with van der Waals surface area (Å²) in [4.78, 5) is 0. The Morgan fingerprint density at radius 2 is 2.06 bits per heavy atom. The summed E-state index contributed by atoms with van der Waals surface area (Å²) in [7, 11) is -3.09. The maximum atomic E-state index is 11.9. The van der Waals surface area contributed by atoms with Crippen LogP contribution in [0, 0.1) is 6.92 Å². The number of hydrogen-bond acceptors (Lipinski definition) is 3. The van der Waals surface area contributed by atoms with Crippen molar-refractivity contribution in [1.29, 1.82) is 0 Å². The number of rotatable bonds is 6. The average Bonchev–Trinajstić information content (AvgIpc) is 2.29. The zero-order valence-corrected chi connectivity index (χ0v) is 12.4. The molecule has 0 aromatic heterocycles. The first kappa shape index (κ1) is 15.5. The van der Waals surface area contributed by atoms with Crippen molar-refractivity contribution in [3.8, 4) is 0 Å². The minimum atomic E-state index is -3.09. The first-order valence-electron chi connectivity index (χ1n) is 6.08. The largest absolute Gasteiger partial charge is 0.323 e. The molecule has 0 fully saturated rings. The molecule has 18 heavy (non-hydrogen) atoms. The Labute approximate surface area is 114 Å². The van der Waals surface area contributed by atoms with Crippen molar-refractivity contribution in [1.82, 2.24) is 0 Å². The highest BCUT2D eigenvalue weighted by molar-refractivity contribution is 7.91. The van der Waals surface area contributed by atoms with Crippen LogP contribution in [0.3, 0.4) is 0 Å². The Hall–Kier alpha value is -0.580. The molecule has 2 N–H and O–H groups in total. The number of hydrogen-bond donors (Lipinski definition) is 1. The lowest BCUT2D eigenvalue weighted by Crippen LogP contribution is -2.24. The number of nitrogens with two attached hydrogens (primary N) is 1. The van der Waals surface area contributed by atoms with Gasteiger partial charge in [-0.2, -0.15) is 0 Å². The van der Waals surface area contributed by atoms with Crippen LogP contribution >= 0.6 is 11.6 Å². The average molecular weight is 290 g/mol. The lowest BCUT2D eigenvalue weighted by molar-refractivity contribution is 0.585. The molecule has 5 heteroatoms. The first-order valence-corrected chi connectivity index (χ1v) is 8.27. The van der Waals surface area contributed by atoms with E-state index in [2.05, 4.69) is 0 Å². The second-order valence-corrected chi connectivity index (χ2v) is 7.24. The summed E-state index contributed by atoms with van der Waals surface area (Å²) in [6.07, 6.45) is 1.55. The first-order chi connectivity index (χ1) is 8.35. The van der Waals surface area contributed by atoms with Crippen LogP contribution in [0.25, 0.3) is 0 Å². The fourth-order valence-electron chi connectivity index (χ4n) is 1.82. The van der Waals surface area contributed by atoms with Crippen LogP contribution in [0.5, 0.6) is 0 Å². The predicted octanol–water partition coefficient (Wildman–Crippen LogP) is 2.86. The van der Waals surface area contributed by atoms with Crippen molar-refractivity contribution in [3.63, 3.8) is 0 Å². The van der Waals surface area contributed by atoms with E-state index in [0.717, 1.165) is 17.5 Å². The molecule has 1 atom stereocenters. The number of benzene rings is 1. The molecular weight excluding hydrogens is 270 g/mol. The molecule has 1 aromatic rings. The van der Waals surface area contributed by atoms with E-state index in [0.29, 0.717) is 11.4 Å². The third kappa shape index (κ3) is 4.59. The predicted molar refractivity (Wildman–Crippen MR) is 76.7 cm³/mol. The van der Waals surface area contributed by atoms with Gasteiger partial charge < -0.3 is 5.73 Å². The lowest BCUT2D eigenvalue weighted by Gasteiger charge is -2.15. The monoisotopic (exact) mass is 289 g/mol. The van der Waals surface area contributed by atoms with Gasteiger partial charge in [0.25, 0.3) is 0 Å². The Morgan fingerprint density at radius 1 is 1.39 bits per heavy atom. The van der Waals surface area contributed by atoms with Crippen molar-refractivity contribution in [2.45, 2.75) is 32.7 Å². The molecule has 1 unspecified atom stereocenters. The summed E-state index contributed by atoms with van der Waals surface area (Å²) < 4.78 is 23.7. The van der Waals surface area contributed by atoms with Crippen molar-refractivity contribution in [2.75, 3.05) is 11.5 Å². The minimum absolute atomic E-state index is 0.0197. The van der Waals surface area contributed by atoms with Crippen LogP contribution in [0.1, 0.15) is 36.9 Å². The van der Waals surface area contributed by atoms with Gasteiger partial charge >= 0.3 is 0 Å². The third-order valence-corrected chi connectivity index (χ3v) is 4.90. The molecule has 0 aliphatic carbocycles. The van der Waals surface area contributed by atoms with Gasteiger partial charge in [-0.1, -0.05) is 31.0 Å². The Bertz CT molecular complexity index is 500. The van der Waals surface area contributed by atoms with Crippen molar-refractivity contribution in [2.24, 2.45) is 5.73 Å². The third-order valence-electron chi connectivity index (χ3n) is 2.88. The van der Waals surface area contributed by atoms with Gasteiger partial charge in [0, 0.05) is 11.1 Å². The molecule has 0 saturated heterocycles. The summed E-state index contributed by atoms with van der Waals surface area (Å²) in [5, 5.41) is 0.581. The number of aryl methyl sites for hydroxylation is 1. The van der Waals surface area contributed by atoms with Crippen LogP contribution in [0.15, 0.2) is 18.2 Å². The zero-order valence-electron chi connectivity index (χ0n) is 10.8. The van der Waals surface area contributed by atoms with E-state index in [1.54, 1.807) is 12.1 Å². The van der Waals surface area contributed by atoms with Crippen molar-refractivity contribution < 1.29 is 8.42 Å². The van der Waals surface area contributed by atoms with Gasteiger partial charge in [-0.3, -0.25) is 0 Å². The second-order valence-electron chi connectivity index (χ2n) is 4.58. The highest BCUT2D eigenvalue weighted by atomic mass is 35.5. The maximum absolute atomic E-state index is 11.9. The fraction of sp³-hybridized carbons (Fsp3) is 0.538. The van der Waals surface area contributed by atoms with E-state index >= 15 is 0 Å². The Morgan fingerprint density at radius 3 is 2.67 bits per heavy atom. The fourth-order valence-corrected chi connectivity index (χ4v) is 3.62. The molecule has 102 valence electrons. The van der Waals surface area contributed by atoms with Gasteiger partial charge in [0.15, 0.2) is 9.84 Å². The molecule has 0 amide bonds.